The summed E-state index contributed by atoms with van der Waals surface area (Å²) in [5, 5.41) is 11.8. The summed E-state index contributed by atoms with van der Waals surface area (Å²) in [6.45, 7) is 6.86. The van der Waals surface area contributed by atoms with E-state index in [4.69, 9.17) is 13.8 Å². The van der Waals surface area contributed by atoms with Gasteiger partial charge in [-0.2, -0.15) is 0 Å². The molecule has 24 heavy (non-hydrogen) atoms. The van der Waals surface area contributed by atoms with Gasteiger partial charge in [-0.3, -0.25) is 13.8 Å². The number of nitrogens with one attached hydrogen (secondary N) is 1. The van der Waals surface area contributed by atoms with Crippen molar-refractivity contribution in [2.24, 2.45) is 0 Å². The van der Waals surface area contributed by atoms with E-state index < -0.39 is 19.8 Å². The molecule has 1 atom stereocenters. The molecule has 1 rings (SSSR count). The lowest BCUT2D eigenvalue weighted by molar-refractivity contribution is -0.141. The molecular formula is C16H26NO6P. The maximum Gasteiger partial charge on any atom is 0.406 e. The fourth-order valence-corrected chi connectivity index (χ4v) is 3.71. The van der Waals surface area contributed by atoms with Crippen LogP contribution in [0.2, 0.25) is 0 Å². The van der Waals surface area contributed by atoms with Crippen LogP contribution >= 0.6 is 7.75 Å². The second-order valence-corrected chi connectivity index (χ2v) is 7.50. The molecule has 0 saturated heterocycles. The largest absolute Gasteiger partial charge is 0.480 e. The van der Waals surface area contributed by atoms with Gasteiger partial charge in [-0.15, -0.1) is 0 Å². The smallest absolute Gasteiger partial charge is 0.406 e. The molecule has 136 valence electrons. The van der Waals surface area contributed by atoms with Crippen LogP contribution in [0.25, 0.3) is 0 Å². The second kappa shape index (κ2) is 9.91. The van der Waals surface area contributed by atoms with Crippen LogP contribution in [0.15, 0.2) is 30.3 Å². The van der Waals surface area contributed by atoms with E-state index in [2.05, 4.69) is 5.09 Å². The maximum atomic E-state index is 12.7. The highest BCUT2D eigenvalue weighted by molar-refractivity contribution is 7.51. The minimum Gasteiger partial charge on any atom is -0.480 e. The van der Waals surface area contributed by atoms with Crippen LogP contribution in [0.3, 0.4) is 0 Å². The number of ether oxygens (including phenoxy) is 1. The summed E-state index contributed by atoms with van der Waals surface area (Å²) in [5.41, 5.74) is 0.918. The fourth-order valence-electron chi connectivity index (χ4n) is 1.86. The number of hydrogen-bond donors (Lipinski definition) is 2. The van der Waals surface area contributed by atoms with Gasteiger partial charge in [-0.25, -0.2) is 9.65 Å². The predicted molar refractivity (Wildman–Crippen MR) is 90.7 cm³/mol. The van der Waals surface area contributed by atoms with Crippen LogP contribution in [0.4, 0.5) is 0 Å². The maximum absolute atomic E-state index is 12.7. The molecular weight excluding hydrogens is 333 g/mol. The van der Waals surface area contributed by atoms with Gasteiger partial charge in [-0.05, 0) is 33.3 Å². The summed E-state index contributed by atoms with van der Waals surface area (Å²) < 4.78 is 28.7. The molecule has 7 nitrogen and oxygen atoms in total. The van der Waals surface area contributed by atoms with Gasteiger partial charge < -0.3 is 9.84 Å². The van der Waals surface area contributed by atoms with Crippen molar-refractivity contribution < 1.29 is 28.3 Å². The molecule has 0 aliphatic carbocycles. The first kappa shape index (κ1) is 20.8. The van der Waals surface area contributed by atoms with Crippen molar-refractivity contribution in [2.45, 2.75) is 52.6 Å². The highest BCUT2D eigenvalue weighted by Gasteiger charge is 2.34. The molecule has 0 unspecified atom stereocenters. The lowest BCUT2D eigenvalue weighted by atomic mass is 10.2. The molecule has 0 aliphatic rings. The molecule has 0 heterocycles. The summed E-state index contributed by atoms with van der Waals surface area (Å²) in [4.78, 5) is 11.4. The van der Waals surface area contributed by atoms with E-state index >= 15 is 0 Å². The number of rotatable bonds is 11. The number of aliphatic carboxylic acids is 1. The van der Waals surface area contributed by atoms with Gasteiger partial charge >= 0.3 is 13.7 Å². The first-order chi connectivity index (χ1) is 11.2. The Hall–Kier alpha value is -1.24. The normalized spacial score (nSPS) is 13.4. The van der Waals surface area contributed by atoms with Crippen molar-refractivity contribution in [3.05, 3.63) is 35.9 Å². The Morgan fingerprint density at radius 2 is 1.67 bits per heavy atom. The number of carboxylic acids is 1. The Kier molecular flexibility index (Phi) is 8.59. The van der Waals surface area contributed by atoms with Gasteiger partial charge in [-0.1, -0.05) is 30.3 Å². The van der Waals surface area contributed by atoms with Gasteiger partial charge in [0.15, 0.2) is 0 Å². The summed E-state index contributed by atoms with van der Waals surface area (Å²) in [5.74, 6) is -1.19. The van der Waals surface area contributed by atoms with E-state index in [1.54, 1.807) is 27.7 Å². The Balaban J connectivity index is 2.68. The van der Waals surface area contributed by atoms with E-state index in [9.17, 15) is 14.5 Å². The van der Waals surface area contributed by atoms with Gasteiger partial charge in [0, 0.05) is 0 Å². The molecule has 1 aromatic carbocycles. The number of carboxylic acid groups (broad SMARTS) is 1. The fraction of sp³-hybridized carbons (Fsp3) is 0.562. The van der Waals surface area contributed by atoms with Crippen LogP contribution in [0.1, 0.15) is 33.3 Å². The van der Waals surface area contributed by atoms with E-state index in [0.29, 0.717) is 0 Å². The quantitative estimate of drug-likeness (QED) is 0.586. The average Bonchev–Trinajstić information content (AvgIpc) is 2.45. The zero-order valence-corrected chi connectivity index (χ0v) is 15.4. The Labute approximate surface area is 142 Å². The van der Waals surface area contributed by atoms with Crippen molar-refractivity contribution in [2.75, 3.05) is 6.61 Å². The Morgan fingerprint density at radius 3 is 2.12 bits per heavy atom. The molecule has 0 aliphatic heterocycles. The monoisotopic (exact) mass is 359 g/mol. The minimum atomic E-state index is -3.76. The third-order valence-electron chi connectivity index (χ3n) is 2.71. The first-order valence-corrected chi connectivity index (χ1v) is 9.35. The van der Waals surface area contributed by atoms with Crippen LogP contribution in [-0.2, 0) is 29.8 Å². The first-order valence-electron chi connectivity index (χ1n) is 7.81. The molecule has 0 radical (unpaired) electrons. The predicted octanol–water partition coefficient (Wildman–Crippen LogP) is 3.20. The zero-order chi connectivity index (χ0) is 18.2. The Bertz CT molecular complexity index is 535. The van der Waals surface area contributed by atoms with Crippen molar-refractivity contribution in [3.8, 4) is 0 Å². The number of carbonyl (C=O) groups is 1. The van der Waals surface area contributed by atoms with Gasteiger partial charge in [0.05, 0.1) is 25.4 Å². The molecule has 1 aromatic rings. The molecule has 0 spiro atoms. The number of hydrogen-bond acceptors (Lipinski definition) is 5. The standard InChI is InChI=1S/C16H26NO6P/c1-12(2)22-24(20,23-13(3)4)17-15(16(18)19)11-21-10-14-8-6-5-7-9-14/h5-9,12-13,15H,10-11H2,1-4H3,(H,17,20)(H,18,19)/t15-/m0/s1. The summed E-state index contributed by atoms with van der Waals surface area (Å²) in [6, 6.07) is 8.15. The summed E-state index contributed by atoms with van der Waals surface area (Å²) in [7, 11) is -3.76. The molecule has 0 bridgehead atoms. The van der Waals surface area contributed by atoms with Crippen molar-refractivity contribution in [1.82, 2.24) is 5.09 Å². The van der Waals surface area contributed by atoms with Gasteiger partial charge in [0.2, 0.25) is 0 Å². The van der Waals surface area contributed by atoms with Crippen LogP contribution in [0.5, 0.6) is 0 Å². The third kappa shape index (κ3) is 8.04. The molecule has 2 N–H and O–H groups in total. The SMILES string of the molecule is CC(C)OP(=O)(N[C@@H](COCc1ccccc1)C(=O)O)OC(C)C. The van der Waals surface area contributed by atoms with Crippen LogP contribution in [-0.4, -0.2) is 35.9 Å². The minimum absolute atomic E-state index is 0.170. The molecule has 8 heteroatoms. The lowest BCUT2D eigenvalue weighted by Crippen LogP contribution is -2.40. The van der Waals surface area contributed by atoms with Crippen LogP contribution < -0.4 is 5.09 Å². The highest BCUT2D eigenvalue weighted by atomic mass is 31.2. The van der Waals surface area contributed by atoms with E-state index in [-0.39, 0.29) is 25.4 Å². The molecule has 0 saturated carbocycles. The van der Waals surface area contributed by atoms with Crippen molar-refractivity contribution in [3.63, 3.8) is 0 Å². The highest BCUT2D eigenvalue weighted by Crippen LogP contribution is 2.46. The molecule has 0 aromatic heterocycles. The molecule has 0 fully saturated rings. The lowest BCUT2D eigenvalue weighted by Gasteiger charge is -2.26. The van der Waals surface area contributed by atoms with Crippen molar-refractivity contribution in [1.29, 1.82) is 0 Å². The van der Waals surface area contributed by atoms with Gasteiger partial charge in [0.25, 0.3) is 0 Å². The zero-order valence-electron chi connectivity index (χ0n) is 14.5. The van der Waals surface area contributed by atoms with E-state index in [0.717, 1.165) is 5.56 Å². The summed E-state index contributed by atoms with van der Waals surface area (Å²) in [6.07, 6.45) is -0.775. The topological polar surface area (TPSA) is 94.1 Å². The summed E-state index contributed by atoms with van der Waals surface area (Å²) >= 11 is 0. The molecule has 0 amide bonds. The van der Waals surface area contributed by atoms with E-state index in [1.807, 2.05) is 30.3 Å². The number of benzene rings is 1. The van der Waals surface area contributed by atoms with E-state index in [1.165, 1.54) is 0 Å². The van der Waals surface area contributed by atoms with Gasteiger partial charge in [0.1, 0.15) is 6.04 Å². The van der Waals surface area contributed by atoms with Crippen LogP contribution in [0, 0.1) is 0 Å². The average molecular weight is 359 g/mol. The third-order valence-corrected chi connectivity index (χ3v) is 4.73. The Morgan fingerprint density at radius 1 is 1.12 bits per heavy atom. The van der Waals surface area contributed by atoms with Crippen molar-refractivity contribution >= 4 is 13.7 Å². The second-order valence-electron chi connectivity index (χ2n) is 5.83.